The third-order valence-corrected chi connectivity index (χ3v) is 4.15. The molecular weight excluding hydrogens is 317 g/mol. The van der Waals surface area contributed by atoms with E-state index >= 15 is 0 Å². The Labute approximate surface area is 133 Å². The highest BCUT2D eigenvalue weighted by atomic mass is 35.5. The van der Waals surface area contributed by atoms with Gasteiger partial charge in [-0.15, -0.1) is 11.6 Å². The van der Waals surface area contributed by atoms with Crippen LogP contribution in [-0.2, 0) is 6.42 Å². The highest BCUT2D eigenvalue weighted by molar-refractivity contribution is 6.35. The molecule has 5 heteroatoms. The van der Waals surface area contributed by atoms with Crippen molar-refractivity contribution in [3.05, 3.63) is 63.4 Å². The van der Waals surface area contributed by atoms with Crippen molar-refractivity contribution in [3.63, 3.8) is 0 Å². The van der Waals surface area contributed by atoms with E-state index in [9.17, 15) is 5.11 Å². The number of aromatic nitrogens is 1. The normalized spacial score (nSPS) is 14.1. The SMILES string of the molecule is CCc1ncccc1C(O)C(Cl)c1ccc(Cl)cc1Cl. The van der Waals surface area contributed by atoms with Crippen LogP contribution in [0, 0.1) is 0 Å². The first-order chi connectivity index (χ1) is 9.54. The number of benzene rings is 1. The molecule has 0 amide bonds. The van der Waals surface area contributed by atoms with E-state index in [1.54, 1.807) is 30.5 Å². The minimum absolute atomic E-state index is 0.443. The summed E-state index contributed by atoms with van der Waals surface area (Å²) in [6.07, 6.45) is 1.55. The van der Waals surface area contributed by atoms with Crippen LogP contribution in [-0.4, -0.2) is 10.1 Å². The second kappa shape index (κ2) is 6.77. The van der Waals surface area contributed by atoms with E-state index in [4.69, 9.17) is 34.8 Å². The van der Waals surface area contributed by atoms with Gasteiger partial charge < -0.3 is 5.11 Å². The lowest BCUT2D eigenvalue weighted by molar-refractivity contribution is 0.171. The van der Waals surface area contributed by atoms with Gasteiger partial charge in [0, 0.05) is 27.5 Å². The zero-order valence-corrected chi connectivity index (χ0v) is 13.1. The Kier molecular flexibility index (Phi) is 5.28. The van der Waals surface area contributed by atoms with Crippen molar-refractivity contribution < 1.29 is 5.11 Å². The van der Waals surface area contributed by atoms with E-state index in [1.807, 2.05) is 13.0 Å². The zero-order chi connectivity index (χ0) is 14.7. The lowest BCUT2D eigenvalue weighted by Gasteiger charge is -2.20. The first kappa shape index (κ1) is 15.6. The van der Waals surface area contributed by atoms with Crippen LogP contribution in [0.3, 0.4) is 0 Å². The summed E-state index contributed by atoms with van der Waals surface area (Å²) in [6, 6.07) is 8.66. The van der Waals surface area contributed by atoms with Crippen molar-refractivity contribution in [3.8, 4) is 0 Å². The van der Waals surface area contributed by atoms with Gasteiger partial charge in [0.05, 0.1) is 5.38 Å². The van der Waals surface area contributed by atoms with Crippen molar-refractivity contribution >= 4 is 34.8 Å². The van der Waals surface area contributed by atoms with Crippen LogP contribution in [0.5, 0.6) is 0 Å². The predicted molar refractivity (Wildman–Crippen MR) is 83.6 cm³/mol. The Balaban J connectivity index is 2.34. The number of aryl methyl sites for hydroxylation is 1. The summed E-state index contributed by atoms with van der Waals surface area (Å²) in [5, 5.41) is 10.8. The molecule has 1 aromatic carbocycles. The molecule has 1 aromatic heterocycles. The number of rotatable bonds is 4. The number of hydrogen-bond acceptors (Lipinski definition) is 2. The van der Waals surface area contributed by atoms with Gasteiger partial charge in [-0.1, -0.05) is 42.3 Å². The Bertz CT molecular complexity index is 603. The predicted octanol–water partition coefficient (Wildman–Crippen LogP) is 4.96. The fourth-order valence-electron chi connectivity index (χ4n) is 2.07. The molecule has 2 unspecified atom stereocenters. The third-order valence-electron chi connectivity index (χ3n) is 3.12. The Morgan fingerprint density at radius 3 is 2.60 bits per heavy atom. The van der Waals surface area contributed by atoms with Gasteiger partial charge in [-0.3, -0.25) is 4.98 Å². The van der Waals surface area contributed by atoms with Gasteiger partial charge >= 0.3 is 0 Å². The molecule has 0 saturated carbocycles. The zero-order valence-electron chi connectivity index (χ0n) is 10.9. The maximum atomic E-state index is 10.5. The van der Waals surface area contributed by atoms with Crippen molar-refractivity contribution in [2.75, 3.05) is 0 Å². The van der Waals surface area contributed by atoms with Crippen LogP contribution in [0.4, 0.5) is 0 Å². The maximum absolute atomic E-state index is 10.5. The molecule has 106 valence electrons. The first-order valence-electron chi connectivity index (χ1n) is 6.25. The van der Waals surface area contributed by atoms with E-state index in [1.165, 1.54) is 0 Å². The van der Waals surface area contributed by atoms with Crippen molar-refractivity contribution in [2.24, 2.45) is 0 Å². The molecular formula is C15H14Cl3NO. The number of nitrogens with zero attached hydrogens (tertiary/aromatic N) is 1. The summed E-state index contributed by atoms with van der Waals surface area (Å²) in [7, 11) is 0. The standard InChI is InChI=1S/C15H14Cl3NO/c1-2-13-11(4-3-7-19-13)15(20)14(18)10-6-5-9(16)8-12(10)17/h3-8,14-15,20H,2H2,1H3. The largest absolute Gasteiger partial charge is 0.386 e. The van der Waals surface area contributed by atoms with Crippen LogP contribution in [0.1, 0.15) is 35.2 Å². The number of hydrogen-bond donors (Lipinski definition) is 1. The molecule has 0 aliphatic heterocycles. The van der Waals surface area contributed by atoms with E-state index in [0.29, 0.717) is 15.6 Å². The molecule has 20 heavy (non-hydrogen) atoms. The minimum atomic E-state index is -0.876. The van der Waals surface area contributed by atoms with Gasteiger partial charge in [0.1, 0.15) is 6.10 Å². The summed E-state index contributed by atoms with van der Waals surface area (Å²) >= 11 is 18.4. The summed E-state index contributed by atoms with van der Waals surface area (Å²) < 4.78 is 0. The average molecular weight is 331 g/mol. The van der Waals surface area contributed by atoms with Gasteiger partial charge in [-0.25, -0.2) is 0 Å². The van der Waals surface area contributed by atoms with Gasteiger partial charge in [0.2, 0.25) is 0 Å². The van der Waals surface area contributed by atoms with Crippen molar-refractivity contribution in [1.29, 1.82) is 0 Å². The molecule has 2 atom stereocenters. The number of aliphatic hydroxyl groups excluding tert-OH is 1. The van der Waals surface area contributed by atoms with E-state index in [2.05, 4.69) is 4.98 Å². The highest BCUT2D eigenvalue weighted by Gasteiger charge is 2.24. The molecule has 0 aliphatic carbocycles. The van der Waals surface area contributed by atoms with Gasteiger partial charge in [0.25, 0.3) is 0 Å². The molecule has 0 spiro atoms. The van der Waals surface area contributed by atoms with E-state index in [-0.39, 0.29) is 0 Å². The molecule has 2 rings (SSSR count). The van der Waals surface area contributed by atoms with Crippen LogP contribution < -0.4 is 0 Å². The molecule has 1 N–H and O–H groups in total. The Morgan fingerprint density at radius 2 is 1.95 bits per heavy atom. The van der Waals surface area contributed by atoms with Crippen LogP contribution in [0.25, 0.3) is 0 Å². The average Bonchev–Trinajstić information content (AvgIpc) is 2.45. The number of alkyl halides is 1. The summed E-state index contributed by atoms with van der Waals surface area (Å²) in [6.45, 7) is 1.98. The lowest BCUT2D eigenvalue weighted by atomic mass is 9.98. The fraction of sp³-hybridized carbons (Fsp3) is 0.267. The number of halogens is 3. The molecule has 0 bridgehead atoms. The second-order valence-electron chi connectivity index (χ2n) is 4.41. The quantitative estimate of drug-likeness (QED) is 0.803. The molecule has 0 radical (unpaired) electrons. The summed E-state index contributed by atoms with van der Waals surface area (Å²) in [5.74, 6) is 0. The van der Waals surface area contributed by atoms with E-state index in [0.717, 1.165) is 17.7 Å². The van der Waals surface area contributed by atoms with Crippen LogP contribution in [0.15, 0.2) is 36.5 Å². The highest BCUT2D eigenvalue weighted by Crippen LogP contribution is 2.39. The van der Waals surface area contributed by atoms with E-state index < -0.39 is 11.5 Å². The minimum Gasteiger partial charge on any atom is -0.386 e. The molecule has 2 nitrogen and oxygen atoms in total. The molecule has 0 aliphatic rings. The van der Waals surface area contributed by atoms with Gasteiger partial charge in [0.15, 0.2) is 0 Å². The Morgan fingerprint density at radius 1 is 1.20 bits per heavy atom. The molecule has 0 fully saturated rings. The topological polar surface area (TPSA) is 33.1 Å². The van der Waals surface area contributed by atoms with Crippen molar-refractivity contribution in [1.82, 2.24) is 4.98 Å². The molecule has 2 aromatic rings. The monoisotopic (exact) mass is 329 g/mol. The summed E-state index contributed by atoms with van der Waals surface area (Å²) in [5.41, 5.74) is 2.20. The third kappa shape index (κ3) is 3.26. The number of aliphatic hydroxyl groups is 1. The maximum Gasteiger partial charge on any atom is 0.101 e. The van der Waals surface area contributed by atoms with Gasteiger partial charge in [-0.2, -0.15) is 0 Å². The lowest BCUT2D eigenvalue weighted by Crippen LogP contribution is -2.09. The molecule has 0 saturated heterocycles. The smallest absolute Gasteiger partial charge is 0.101 e. The van der Waals surface area contributed by atoms with Crippen molar-refractivity contribution in [2.45, 2.75) is 24.8 Å². The second-order valence-corrected chi connectivity index (χ2v) is 5.72. The molecule has 1 heterocycles. The first-order valence-corrected chi connectivity index (χ1v) is 7.44. The Hall–Kier alpha value is -0.800. The van der Waals surface area contributed by atoms with Crippen LogP contribution >= 0.6 is 34.8 Å². The van der Waals surface area contributed by atoms with Crippen LogP contribution in [0.2, 0.25) is 10.0 Å². The fourth-order valence-corrected chi connectivity index (χ4v) is 2.98. The summed E-state index contributed by atoms with van der Waals surface area (Å²) in [4.78, 5) is 4.26. The number of pyridine rings is 1. The van der Waals surface area contributed by atoms with Gasteiger partial charge in [-0.05, 0) is 30.2 Å².